The van der Waals surface area contributed by atoms with E-state index in [1.165, 1.54) is 0 Å². The van der Waals surface area contributed by atoms with E-state index in [9.17, 15) is 8.42 Å². The Morgan fingerprint density at radius 2 is 1.94 bits per heavy atom. The van der Waals surface area contributed by atoms with Crippen molar-refractivity contribution < 1.29 is 8.42 Å². The summed E-state index contributed by atoms with van der Waals surface area (Å²) in [5.74, 6) is 0.218. The highest BCUT2D eigenvalue weighted by Gasteiger charge is 2.22. The zero-order valence-corrected chi connectivity index (χ0v) is 11.0. The van der Waals surface area contributed by atoms with Gasteiger partial charge in [0.05, 0.1) is 10.6 Å². The molecule has 1 saturated heterocycles. The number of rotatable bonds is 3. The minimum Gasteiger partial charge on any atom is -0.313 e. The van der Waals surface area contributed by atoms with E-state index in [1.807, 2.05) is 19.1 Å². The topological polar surface area (TPSA) is 46.2 Å². The average molecular weight is 253 g/mol. The van der Waals surface area contributed by atoms with E-state index in [0.717, 1.165) is 31.4 Å². The number of hydrogen-bond donors (Lipinski definition) is 1. The second kappa shape index (κ2) is 5.19. The first kappa shape index (κ1) is 12.6. The molecule has 1 aliphatic heterocycles. The van der Waals surface area contributed by atoms with Crippen molar-refractivity contribution in [3.05, 3.63) is 29.8 Å². The molecule has 1 atom stereocenters. The van der Waals surface area contributed by atoms with Crippen LogP contribution in [0.3, 0.4) is 0 Å². The Morgan fingerprint density at radius 3 is 2.53 bits per heavy atom. The van der Waals surface area contributed by atoms with Crippen LogP contribution in [0.25, 0.3) is 0 Å². The van der Waals surface area contributed by atoms with Crippen LogP contribution in [0.5, 0.6) is 0 Å². The molecule has 94 valence electrons. The number of aryl methyl sites for hydroxylation is 1. The molecule has 4 heteroatoms. The number of sulfone groups is 1. The lowest BCUT2D eigenvalue weighted by Gasteiger charge is -2.23. The number of piperidine rings is 1. The fourth-order valence-corrected chi connectivity index (χ4v) is 3.73. The number of hydrogen-bond acceptors (Lipinski definition) is 3. The van der Waals surface area contributed by atoms with Gasteiger partial charge in [-0.1, -0.05) is 24.1 Å². The van der Waals surface area contributed by atoms with E-state index in [-0.39, 0.29) is 11.8 Å². The third-order valence-electron chi connectivity index (χ3n) is 3.21. The van der Waals surface area contributed by atoms with Crippen LogP contribution in [0.1, 0.15) is 24.8 Å². The standard InChI is InChI=1S/C13H19NO2S/c1-11-5-7-13(8-6-11)17(15,16)10-12-4-2-3-9-14-12/h5-8,12,14H,2-4,9-10H2,1H3. The first-order valence-corrected chi connectivity index (χ1v) is 7.76. The summed E-state index contributed by atoms with van der Waals surface area (Å²) in [5.41, 5.74) is 1.08. The van der Waals surface area contributed by atoms with E-state index in [2.05, 4.69) is 5.32 Å². The van der Waals surface area contributed by atoms with Crippen LogP contribution in [0, 0.1) is 6.92 Å². The first-order chi connectivity index (χ1) is 8.08. The highest BCUT2D eigenvalue weighted by Crippen LogP contribution is 2.16. The molecule has 3 nitrogen and oxygen atoms in total. The molecule has 1 aromatic rings. The Bertz CT molecular complexity index is 459. The molecule has 1 unspecified atom stereocenters. The third-order valence-corrected chi connectivity index (χ3v) is 5.04. The van der Waals surface area contributed by atoms with Crippen molar-refractivity contribution >= 4 is 9.84 Å². The molecule has 0 amide bonds. The Morgan fingerprint density at radius 1 is 1.24 bits per heavy atom. The highest BCUT2D eigenvalue weighted by molar-refractivity contribution is 7.91. The minimum absolute atomic E-state index is 0.120. The van der Waals surface area contributed by atoms with Gasteiger partial charge in [-0.25, -0.2) is 8.42 Å². The van der Waals surface area contributed by atoms with Crippen LogP contribution in [0.2, 0.25) is 0 Å². The van der Waals surface area contributed by atoms with Crippen molar-refractivity contribution in [2.75, 3.05) is 12.3 Å². The average Bonchev–Trinajstić information content (AvgIpc) is 2.30. The summed E-state index contributed by atoms with van der Waals surface area (Å²) in [6.45, 7) is 2.90. The van der Waals surface area contributed by atoms with E-state index in [4.69, 9.17) is 0 Å². The molecule has 1 fully saturated rings. The van der Waals surface area contributed by atoms with Gasteiger partial charge in [-0.3, -0.25) is 0 Å². The molecule has 2 rings (SSSR count). The zero-order chi connectivity index (χ0) is 12.3. The molecule has 0 spiro atoms. The molecule has 0 bridgehead atoms. The smallest absolute Gasteiger partial charge is 0.179 e. The quantitative estimate of drug-likeness (QED) is 0.895. The van der Waals surface area contributed by atoms with Crippen molar-refractivity contribution in [3.8, 4) is 0 Å². The van der Waals surface area contributed by atoms with Gasteiger partial charge in [-0.05, 0) is 38.4 Å². The van der Waals surface area contributed by atoms with Gasteiger partial charge in [0.2, 0.25) is 0 Å². The van der Waals surface area contributed by atoms with Gasteiger partial charge in [0, 0.05) is 6.04 Å². The van der Waals surface area contributed by atoms with Crippen LogP contribution in [-0.2, 0) is 9.84 Å². The molecule has 1 N–H and O–H groups in total. The third kappa shape index (κ3) is 3.30. The normalized spacial score (nSPS) is 21.4. The maximum absolute atomic E-state index is 12.2. The summed E-state index contributed by atoms with van der Waals surface area (Å²) >= 11 is 0. The molecule has 0 saturated carbocycles. The molecule has 0 aliphatic carbocycles. The molecule has 1 aromatic carbocycles. The molecule has 0 radical (unpaired) electrons. The second-order valence-electron chi connectivity index (χ2n) is 4.74. The van der Waals surface area contributed by atoms with Gasteiger partial charge in [-0.15, -0.1) is 0 Å². The predicted molar refractivity (Wildman–Crippen MR) is 68.9 cm³/mol. The number of benzene rings is 1. The molecule has 17 heavy (non-hydrogen) atoms. The fourth-order valence-electron chi connectivity index (χ4n) is 2.17. The van der Waals surface area contributed by atoms with E-state index in [0.29, 0.717) is 4.90 Å². The molecular formula is C13H19NO2S. The fraction of sp³-hybridized carbons (Fsp3) is 0.538. The summed E-state index contributed by atoms with van der Waals surface area (Å²) in [6, 6.07) is 7.22. The maximum atomic E-state index is 12.2. The molecule has 1 aliphatic rings. The van der Waals surface area contributed by atoms with Gasteiger partial charge < -0.3 is 5.32 Å². The Labute approximate surface area is 103 Å². The molecule has 1 heterocycles. The van der Waals surface area contributed by atoms with Crippen molar-refractivity contribution in [1.82, 2.24) is 5.32 Å². The lowest BCUT2D eigenvalue weighted by molar-refractivity contribution is 0.423. The first-order valence-electron chi connectivity index (χ1n) is 6.11. The monoisotopic (exact) mass is 253 g/mol. The van der Waals surface area contributed by atoms with E-state index in [1.54, 1.807) is 12.1 Å². The number of nitrogens with one attached hydrogen (secondary N) is 1. The van der Waals surface area contributed by atoms with Crippen LogP contribution in [-0.4, -0.2) is 26.8 Å². The summed E-state index contributed by atoms with van der Waals surface area (Å²) < 4.78 is 24.3. The van der Waals surface area contributed by atoms with E-state index >= 15 is 0 Å². The Balaban J connectivity index is 2.10. The summed E-state index contributed by atoms with van der Waals surface area (Å²) in [5, 5.41) is 3.28. The largest absolute Gasteiger partial charge is 0.313 e. The predicted octanol–water partition coefficient (Wildman–Crippen LogP) is 1.91. The molecular weight excluding hydrogens is 234 g/mol. The van der Waals surface area contributed by atoms with Gasteiger partial charge in [0.1, 0.15) is 0 Å². The minimum atomic E-state index is -3.14. The van der Waals surface area contributed by atoms with Crippen LogP contribution in [0.4, 0.5) is 0 Å². The van der Waals surface area contributed by atoms with Crippen molar-refractivity contribution in [1.29, 1.82) is 0 Å². The van der Waals surface area contributed by atoms with Gasteiger partial charge in [-0.2, -0.15) is 0 Å². The SMILES string of the molecule is Cc1ccc(S(=O)(=O)CC2CCCCN2)cc1. The van der Waals surface area contributed by atoms with Crippen LogP contribution < -0.4 is 5.32 Å². The van der Waals surface area contributed by atoms with Crippen molar-refractivity contribution in [3.63, 3.8) is 0 Å². The van der Waals surface area contributed by atoms with Crippen LogP contribution in [0.15, 0.2) is 29.2 Å². The van der Waals surface area contributed by atoms with Gasteiger partial charge >= 0.3 is 0 Å². The second-order valence-corrected chi connectivity index (χ2v) is 6.78. The van der Waals surface area contributed by atoms with Crippen LogP contribution >= 0.6 is 0 Å². The van der Waals surface area contributed by atoms with E-state index < -0.39 is 9.84 Å². The lowest BCUT2D eigenvalue weighted by atomic mass is 10.1. The maximum Gasteiger partial charge on any atom is 0.179 e. The lowest BCUT2D eigenvalue weighted by Crippen LogP contribution is -2.39. The van der Waals surface area contributed by atoms with Gasteiger partial charge in [0.25, 0.3) is 0 Å². The highest BCUT2D eigenvalue weighted by atomic mass is 32.2. The summed E-state index contributed by atoms with van der Waals surface area (Å²) in [7, 11) is -3.14. The van der Waals surface area contributed by atoms with Crippen molar-refractivity contribution in [2.45, 2.75) is 37.1 Å². The molecule has 0 aromatic heterocycles. The summed E-state index contributed by atoms with van der Waals surface area (Å²) in [6.07, 6.45) is 3.24. The zero-order valence-electron chi connectivity index (χ0n) is 10.1. The summed E-state index contributed by atoms with van der Waals surface area (Å²) in [4.78, 5) is 0.440. The van der Waals surface area contributed by atoms with Gasteiger partial charge in [0.15, 0.2) is 9.84 Å². The Kier molecular flexibility index (Phi) is 3.84. The van der Waals surface area contributed by atoms with Crippen molar-refractivity contribution in [2.24, 2.45) is 0 Å². The Hall–Kier alpha value is -0.870.